The largest absolute Gasteiger partial charge is 0.507 e. The van der Waals surface area contributed by atoms with Gasteiger partial charge in [-0.3, -0.25) is 4.79 Å². The minimum absolute atomic E-state index is 0.0996. The highest BCUT2D eigenvalue weighted by atomic mass is 79.9. The van der Waals surface area contributed by atoms with Crippen LogP contribution in [0, 0.1) is 0 Å². The van der Waals surface area contributed by atoms with E-state index in [2.05, 4.69) is 15.9 Å². The molecule has 16 heavy (non-hydrogen) atoms. The number of aromatic hydroxyl groups is 1. The van der Waals surface area contributed by atoms with Gasteiger partial charge in [0.1, 0.15) is 11.9 Å². The maximum atomic E-state index is 10.6. The minimum Gasteiger partial charge on any atom is -0.507 e. The Morgan fingerprint density at radius 2 is 2.06 bits per heavy atom. The van der Waals surface area contributed by atoms with Crippen LogP contribution in [0.5, 0.6) is 5.75 Å². The fourth-order valence-electron chi connectivity index (χ4n) is 1.34. The van der Waals surface area contributed by atoms with Gasteiger partial charge in [-0.15, -0.1) is 0 Å². The number of halogens is 1. The SMILES string of the molecule is O=Cc1cc(C(O)C(O)CCBr)ccc1O. The molecule has 1 rings (SSSR count). The molecule has 0 aliphatic heterocycles. The summed E-state index contributed by atoms with van der Waals surface area (Å²) in [7, 11) is 0. The van der Waals surface area contributed by atoms with Gasteiger partial charge in [0.2, 0.25) is 0 Å². The average Bonchev–Trinajstić information content (AvgIpc) is 2.29. The maximum absolute atomic E-state index is 10.6. The molecule has 0 aliphatic rings. The van der Waals surface area contributed by atoms with E-state index < -0.39 is 12.2 Å². The summed E-state index contributed by atoms with van der Waals surface area (Å²) in [5.74, 6) is -0.138. The second-order valence-electron chi connectivity index (χ2n) is 3.43. The summed E-state index contributed by atoms with van der Waals surface area (Å²) in [6.07, 6.45) is -1.05. The van der Waals surface area contributed by atoms with Crippen LogP contribution in [0.2, 0.25) is 0 Å². The number of aliphatic hydroxyl groups is 2. The predicted octanol–water partition coefficient (Wildman–Crippen LogP) is 1.38. The van der Waals surface area contributed by atoms with E-state index in [9.17, 15) is 20.1 Å². The summed E-state index contributed by atoms with van der Waals surface area (Å²) in [5, 5.41) is 29.2. The molecule has 0 fully saturated rings. The van der Waals surface area contributed by atoms with Gasteiger partial charge >= 0.3 is 0 Å². The van der Waals surface area contributed by atoms with Crippen molar-refractivity contribution >= 4 is 22.2 Å². The summed E-state index contributed by atoms with van der Waals surface area (Å²) >= 11 is 3.16. The lowest BCUT2D eigenvalue weighted by Gasteiger charge is -2.17. The third-order valence-corrected chi connectivity index (χ3v) is 2.75. The smallest absolute Gasteiger partial charge is 0.153 e. The van der Waals surface area contributed by atoms with Crippen LogP contribution in [0.4, 0.5) is 0 Å². The number of carbonyl (C=O) groups is 1. The standard InChI is InChI=1S/C11H13BrO4/c12-4-3-10(15)11(16)7-1-2-9(14)8(5-7)6-13/h1-2,5-6,10-11,14-16H,3-4H2. The van der Waals surface area contributed by atoms with Crippen molar-refractivity contribution in [3.05, 3.63) is 29.3 Å². The lowest BCUT2D eigenvalue weighted by molar-refractivity contribution is 0.0173. The van der Waals surface area contributed by atoms with E-state index in [1.807, 2.05) is 0 Å². The van der Waals surface area contributed by atoms with Gasteiger partial charge in [0.15, 0.2) is 6.29 Å². The number of aliphatic hydroxyl groups excluding tert-OH is 2. The number of hydrogen-bond acceptors (Lipinski definition) is 4. The average molecular weight is 289 g/mol. The van der Waals surface area contributed by atoms with Gasteiger partial charge in [0, 0.05) is 5.33 Å². The topological polar surface area (TPSA) is 77.8 Å². The lowest BCUT2D eigenvalue weighted by atomic mass is 10.0. The highest BCUT2D eigenvalue weighted by Crippen LogP contribution is 2.24. The van der Waals surface area contributed by atoms with E-state index in [0.717, 1.165) is 0 Å². The Morgan fingerprint density at radius 3 is 2.62 bits per heavy atom. The van der Waals surface area contributed by atoms with Crippen LogP contribution in [0.25, 0.3) is 0 Å². The Kier molecular flexibility index (Phi) is 4.92. The van der Waals surface area contributed by atoms with Crippen LogP contribution in [0.3, 0.4) is 0 Å². The molecule has 88 valence electrons. The molecular weight excluding hydrogens is 276 g/mol. The molecule has 0 amide bonds. The van der Waals surface area contributed by atoms with Crippen molar-refractivity contribution in [3.8, 4) is 5.75 Å². The molecule has 2 atom stereocenters. The van der Waals surface area contributed by atoms with Gasteiger partial charge < -0.3 is 15.3 Å². The number of aldehydes is 1. The van der Waals surface area contributed by atoms with Crippen molar-refractivity contribution in [2.45, 2.75) is 18.6 Å². The van der Waals surface area contributed by atoms with E-state index in [4.69, 9.17) is 0 Å². The molecule has 0 aliphatic carbocycles. The van der Waals surface area contributed by atoms with Crippen molar-refractivity contribution in [1.29, 1.82) is 0 Å². The van der Waals surface area contributed by atoms with Crippen LogP contribution in [-0.2, 0) is 0 Å². The molecule has 1 aromatic carbocycles. The first-order valence-electron chi connectivity index (χ1n) is 4.80. The Hall–Kier alpha value is -0.910. The van der Waals surface area contributed by atoms with Crippen molar-refractivity contribution in [3.63, 3.8) is 0 Å². The summed E-state index contributed by atoms with van der Waals surface area (Å²) < 4.78 is 0. The molecule has 0 spiro atoms. The van der Waals surface area contributed by atoms with E-state index in [1.165, 1.54) is 18.2 Å². The van der Waals surface area contributed by atoms with E-state index in [0.29, 0.717) is 23.6 Å². The Bertz CT molecular complexity index is 367. The second kappa shape index (κ2) is 5.98. The summed E-state index contributed by atoms with van der Waals surface area (Å²) in [4.78, 5) is 10.6. The first-order chi connectivity index (χ1) is 7.60. The second-order valence-corrected chi connectivity index (χ2v) is 4.22. The third-order valence-electron chi connectivity index (χ3n) is 2.29. The fourth-order valence-corrected chi connectivity index (χ4v) is 1.81. The fraction of sp³-hybridized carbons (Fsp3) is 0.364. The zero-order chi connectivity index (χ0) is 12.1. The normalized spacial score (nSPS) is 14.4. The molecule has 0 radical (unpaired) electrons. The number of carbonyl (C=O) groups excluding carboxylic acids is 1. The van der Waals surface area contributed by atoms with Crippen molar-refractivity contribution in [2.24, 2.45) is 0 Å². The summed E-state index contributed by atoms with van der Waals surface area (Å²) in [6, 6.07) is 4.16. The first kappa shape index (κ1) is 13.2. The Labute approximate surface area is 102 Å². The van der Waals surface area contributed by atoms with E-state index >= 15 is 0 Å². The van der Waals surface area contributed by atoms with Gasteiger partial charge in [-0.1, -0.05) is 22.0 Å². The molecule has 5 heteroatoms. The van der Waals surface area contributed by atoms with Crippen LogP contribution >= 0.6 is 15.9 Å². The quantitative estimate of drug-likeness (QED) is 0.565. The van der Waals surface area contributed by atoms with Crippen LogP contribution < -0.4 is 0 Å². The Morgan fingerprint density at radius 1 is 1.38 bits per heavy atom. The summed E-state index contributed by atoms with van der Waals surface area (Å²) in [5.41, 5.74) is 0.510. The Balaban J connectivity index is 2.91. The van der Waals surface area contributed by atoms with Crippen molar-refractivity contribution in [2.75, 3.05) is 5.33 Å². The maximum Gasteiger partial charge on any atom is 0.153 e. The van der Waals surface area contributed by atoms with Crippen molar-refractivity contribution in [1.82, 2.24) is 0 Å². The molecule has 4 nitrogen and oxygen atoms in total. The number of hydrogen-bond donors (Lipinski definition) is 3. The highest BCUT2D eigenvalue weighted by Gasteiger charge is 2.18. The molecule has 0 saturated carbocycles. The molecule has 2 unspecified atom stereocenters. The molecular formula is C11H13BrO4. The highest BCUT2D eigenvalue weighted by molar-refractivity contribution is 9.09. The molecule has 0 aromatic heterocycles. The molecule has 1 aromatic rings. The number of benzene rings is 1. The third kappa shape index (κ3) is 3.04. The van der Waals surface area contributed by atoms with Gasteiger partial charge in [-0.2, -0.15) is 0 Å². The number of phenols is 1. The minimum atomic E-state index is -1.06. The van der Waals surface area contributed by atoms with E-state index in [-0.39, 0.29) is 11.3 Å². The monoisotopic (exact) mass is 288 g/mol. The molecule has 0 saturated heterocycles. The van der Waals surface area contributed by atoms with E-state index in [1.54, 1.807) is 0 Å². The van der Waals surface area contributed by atoms with Crippen LogP contribution in [-0.4, -0.2) is 33.0 Å². The zero-order valence-corrected chi connectivity index (χ0v) is 10.1. The molecule has 0 heterocycles. The zero-order valence-electron chi connectivity index (χ0n) is 8.51. The number of alkyl halides is 1. The van der Waals surface area contributed by atoms with Gasteiger partial charge in [0.05, 0.1) is 11.7 Å². The molecule has 0 bridgehead atoms. The van der Waals surface area contributed by atoms with Gasteiger partial charge in [-0.05, 0) is 24.1 Å². The first-order valence-corrected chi connectivity index (χ1v) is 5.92. The lowest BCUT2D eigenvalue weighted by Crippen LogP contribution is -2.18. The van der Waals surface area contributed by atoms with Gasteiger partial charge in [-0.25, -0.2) is 0 Å². The molecule has 3 N–H and O–H groups in total. The van der Waals surface area contributed by atoms with Crippen LogP contribution in [0.15, 0.2) is 18.2 Å². The van der Waals surface area contributed by atoms with Crippen molar-refractivity contribution < 1.29 is 20.1 Å². The van der Waals surface area contributed by atoms with Gasteiger partial charge in [0.25, 0.3) is 0 Å². The van der Waals surface area contributed by atoms with Crippen LogP contribution in [0.1, 0.15) is 28.4 Å². The summed E-state index contributed by atoms with van der Waals surface area (Å²) in [6.45, 7) is 0. The number of rotatable bonds is 5. The number of phenolic OH excluding ortho intramolecular Hbond substituents is 1. The predicted molar refractivity (Wildman–Crippen MR) is 62.9 cm³/mol.